The fraction of sp³-hybridized carbons (Fsp3) is 0.357. The molecule has 0 amide bonds. The van der Waals surface area contributed by atoms with Gasteiger partial charge in [0.2, 0.25) is 5.95 Å². The lowest BCUT2D eigenvalue weighted by Gasteiger charge is -2.19. The monoisotopic (exact) mass is 522 g/mol. The topological polar surface area (TPSA) is 93.7 Å². The number of nitrogens with one attached hydrogen (secondary N) is 1. The number of ether oxygens (including phenoxy) is 2. The van der Waals surface area contributed by atoms with Gasteiger partial charge in [0.15, 0.2) is 9.84 Å². The molecule has 3 aromatic rings. The summed E-state index contributed by atoms with van der Waals surface area (Å²) in [5, 5.41) is 3.32. The predicted octanol–water partition coefficient (Wildman–Crippen LogP) is 4.78. The highest BCUT2D eigenvalue weighted by Gasteiger charge is 2.13. The molecule has 0 atom stereocenters. The Labute approximate surface area is 219 Å². The summed E-state index contributed by atoms with van der Waals surface area (Å²) in [7, 11) is -1.07. The molecule has 2 aromatic carbocycles. The molecule has 0 radical (unpaired) electrons. The summed E-state index contributed by atoms with van der Waals surface area (Å²) >= 11 is 0. The van der Waals surface area contributed by atoms with E-state index in [0.29, 0.717) is 24.8 Å². The van der Waals surface area contributed by atoms with Crippen LogP contribution in [0.5, 0.6) is 11.5 Å². The minimum atomic E-state index is -3.10. The Bertz CT molecular complexity index is 1360. The number of aromatic nitrogens is 2. The van der Waals surface area contributed by atoms with Crippen LogP contribution in [0.3, 0.4) is 0 Å². The molecule has 2 heterocycles. The van der Waals surface area contributed by atoms with Crippen molar-refractivity contribution in [3.05, 3.63) is 71.9 Å². The summed E-state index contributed by atoms with van der Waals surface area (Å²) in [4.78, 5) is 11.4. The smallest absolute Gasteiger partial charge is 0.227 e. The normalized spacial score (nSPS) is 14.7. The van der Waals surface area contributed by atoms with Gasteiger partial charge in [0.25, 0.3) is 0 Å². The van der Waals surface area contributed by atoms with Gasteiger partial charge in [-0.2, -0.15) is 0 Å². The van der Waals surface area contributed by atoms with E-state index in [0.717, 1.165) is 46.8 Å². The molecule has 0 unspecified atom stereocenters. The van der Waals surface area contributed by atoms with E-state index in [1.54, 1.807) is 6.92 Å². The van der Waals surface area contributed by atoms with E-state index in [-0.39, 0.29) is 18.1 Å². The number of benzene rings is 2. The molecular weight excluding hydrogens is 488 g/mol. The molecule has 1 aliphatic rings. The van der Waals surface area contributed by atoms with E-state index in [1.807, 2.05) is 62.6 Å². The van der Waals surface area contributed by atoms with Gasteiger partial charge >= 0.3 is 0 Å². The summed E-state index contributed by atoms with van der Waals surface area (Å²) < 4.78 is 35.7. The quantitative estimate of drug-likeness (QED) is 0.479. The van der Waals surface area contributed by atoms with Crippen molar-refractivity contribution in [2.45, 2.75) is 26.8 Å². The second-order valence-corrected chi connectivity index (χ2v) is 11.6. The highest BCUT2D eigenvalue weighted by molar-refractivity contribution is 7.91. The highest BCUT2D eigenvalue weighted by Crippen LogP contribution is 2.29. The fourth-order valence-electron chi connectivity index (χ4n) is 3.97. The minimum absolute atomic E-state index is 0.00915. The molecule has 1 N–H and O–H groups in total. The number of anilines is 2. The van der Waals surface area contributed by atoms with Gasteiger partial charge in [-0.05, 0) is 56.3 Å². The SMILES string of the molecule is CCS(=O)(=O)CCOc1ccc2cc1CN(C)CC=CCCOc1cccc(c1)-c1nc(ncc1C)N2. The van der Waals surface area contributed by atoms with E-state index >= 15 is 0 Å². The number of aryl methyl sites for hydroxylation is 1. The summed E-state index contributed by atoms with van der Waals surface area (Å²) in [5.74, 6) is 2.05. The molecule has 1 aromatic heterocycles. The van der Waals surface area contributed by atoms with Gasteiger partial charge in [0, 0.05) is 41.9 Å². The van der Waals surface area contributed by atoms with Crippen LogP contribution in [0.2, 0.25) is 0 Å². The van der Waals surface area contributed by atoms with Crippen molar-refractivity contribution in [2.75, 3.05) is 43.6 Å². The van der Waals surface area contributed by atoms with Crippen LogP contribution >= 0.6 is 0 Å². The van der Waals surface area contributed by atoms with Gasteiger partial charge in [-0.15, -0.1) is 0 Å². The number of sulfone groups is 1. The van der Waals surface area contributed by atoms with Gasteiger partial charge in [-0.3, -0.25) is 4.90 Å². The van der Waals surface area contributed by atoms with Crippen LogP contribution in [0.1, 0.15) is 24.5 Å². The number of likely N-dealkylation sites (N-methyl/N-ethyl adjacent to an activating group) is 1. The number of rotatable bonds is 5. The maximum atomic E-state index is 11.9. The lowest BCUT2D eigenvalue weighted by Crippen LogP contribution is -2.20. The molecular formula is C28H34N4O4S. The van der Waals surface area contributed by atoms with Crippen LogP contribution < -0.4 is 14.8 Å². The summed E-state index contributed by atoms with van der Waals surface area (Å²) in [6.07, 6.45) is 6.85. The van der Waals surface area contributed by atoms with Crippen molar-refractivity contribution in [3.63, 3.8) is 0 Å². The largest absolute Gasteiger partial charge is 0.493 e. The summed E-state index contributed by atoms with van der Waals surface area (Å²) in [6.45, 7) is 5.71. The molecule has 0 saturated carbocycles. The van der Waals surface area contributed by atoms with E-state index in [4.69, 9.17) is 14.5 Å². The van der Waals surface area contributed by atoms with Crippen LogP contribution in [0, 0.1) is 6.92 Å². The molecule has 0 spiro atoms. The lowest BCUT2D eigenvalue weighted by molar-refractivity contribution is 0.317. The minimum Gasteiger partial charge on any atom is -0.493 e. The van der Waals surface area contributed by atoms with Crippen LogP contribution in [-0.2, 0) is 16.4 Å². The van der Waals surface area contributed by atoms with Crippen molar-refractivity contribution < 1.29 is 17.9 Å². The number of fused-ring (bicyclic) bond motifs is 7. The van der Waals surface area contributed by atoms with Gasteiger partial charge < -0.3 is 14.8 Å². The average molecular weight is 523 g/mol. The van der Waals surface area contributed by atoms with Crippen molar-refractivity contribution in [1.82, 2.24) is 14.9 Å². The standard InChI is InChI=1S/C28H34N4O4S/c1-4-37(33,34)16-15-36-26-12-11-24-17-23(26)20-32(3)13-6-5-7-14-35-25-10-8-9-22(18-25)27-21(2)19-29-28(30-24)31-27/h5-6,8-12,17-19H,4,7,13-16,20H2,1-3H3,(H,29,30,31). The van der Waals surface area contributed by atoms with E-state index in [9.17, 15) is 8.42 Å². The fourth-order valence-corrected chi connectivity index (χ4v) is 4.60. The zero-order chi connectivity index (χ0) is 26.3. The maximum absolute atomic E-state index is 11.9. The Morgan fingerprint density at radius 2 is 2.03 bits per heavy atom. The molecule has 9 heteroatoms. The van der Waals surface area contributed by atoms with Gasteiger partial charge in [0.05, 0.1) is 18.1 Å². The van der Waals surface area contributed by atoms with Crippen LogP contribution in [0.4, 0.5) is 11.6 Å². The Hall–Kier alpha value is -3.43. The molecule has 0 aliphatic carbocycles. The van der Waals surface area contributed by atoms with E-state index < -0.39 is 9.84 Å². The highest BCUT2D eigenvalue weighted by atomic mass is 32.2. The molecule has 196 valence electrons. The van der Waals surface area contributed by atoms with Gasteiger partial charge in [0.1, 0.15) is 18.1 Å². The number of nitrogens with zero attached hydrogens (tertiary/aromatic N) is 3. The van der Waals surface area contributed by atoms with Crippen molar-refractivity contribution in [3.8, 4) is 22.8 Å². The van der Waals surface area contributed by atoms with Crippen LogP contribution in [0.15, 0.2) is 60.8 Å². The summed E-state index contributed by atoms with van der Waals surface area (Å²) in [5.41, 5.74) is 4.53. The second-order valence-electron chi connectivity index (χ2n) is 9.09. The second kappa shape index (κ2) is 12.2. The Morgan fingerprint density at radius 1 is 1.16 bits per heavy atom. The predicted molar refractivity (Wildman–Crippen MR) is 147 cm³/mol. The molecule has 0 fully saturated rings. The molecule has 6 bridgehead atoms. The van der Waals surface area contributed by atoms with E-state index in [1.165, 1.54) is 0 Å². The first kappa shape index (κ1) is 26.6. The van der Waals surface area contributed by atoms with Gasteiger partial charge in [-0.25, -0.2) is 18.4 Å². The van der Waals surface area contributed by atoms with Gasteiger partial charge in [-0.1, -0.05) is 31.2 Å². The average Bonchev–Trinajstić information content (AvgIpc) is 2.88. The zero-order valence-corrected chi connectivity index (χ0v) is 22.4. The third-order valence-electron chi connectivity index (χ3n) is 6.06. The lowest BCUT2D eigenvalue weighted by atomic mass is 10.1. The molecule has 37 heavy (non-hydrogen) atoms. The van der Waals surface area contributed by atoms with Crippen LogP contribution in [0.25, 0.3) is 11.3 Å². The number of hydrogen-bond donors (Lipinski definition) is 1. The molecule has 4 rings (SSSR count). The molecule has 0 saturated heterocycles. The summed E-state index contributed by atoms with van der Waals surface area (Å²) in [6, 6.07) is 13.7. The third-order valence-corrected chi connectivity index (χ3v) is 7.73. The van der Waals surface area contributed by atoms with E-state index in [2.05, 4.69) is 27.4 Å². The molecule has 1 aliphatic heterocycles. The Kier molecular flexibility index (Phi) is 8.78. The zero-order valence-electron chi connectivity index (χ0n) is 21.6. The Morgan fingerprint density at radius 3 is 2.86 bits per heavy atom. The maximum Gasteiger partial charge on any atom is 0.227 e. The van der Waals surface area contributed by atoms with Crippen molar-refractivity contribution >= 4 is 21.5 Å². The van der Waals surface area contributed by atoms with Crippen molar-refractivity contribution in [1.29, 1.82) is 0 Å². The van der Waals surface area contributed by atoms with Crippen molar-refractivity contribution in [2.24, 2.45) is 0 Å². The van der Waals surface area contributed by atoms with Crippen LogP contribution in [-0.4, -0.2) is 61.6 Å². The first-order valence-electron chi connectivity index (χ1n) is 12.5. The Balaban J connectivity index is 1.66. The third kappa shape index (κ3) is 7.53. The first-order valence-corrected chi connectivity index (χ1v) is 14.3. The number of hydrogen-bond acceptors (Lipinski definition) is 8. The molecule has 8 nitrogen and oxygen atoms in total. The first-order chi connectivity index (χ1) is 17.8.